The molecule has 0 aromatic heterocycles. The third-order valence-electron chi connectivity index (χ3n) is 2.89. The predicted octanol–water partition coefficient (Wildman–Crippen LogP) is 1.61. The quantitative estimate of drug-likeness (QED) is 0.589. The van der Waals surface area contributed by atoms with Gasteiger partial charge in [-0.05, 0) is 31.0 Å². The van der Waals surface area contributed by atoms with Crippen molar-refractivity contribution < 1.29 is 19.1 Å². The van der Waals surface area contributed by atoms with Crippen LogP contribution in [0.3, 0.4) is 0 Å². The summed E-state index contributed by atoms with van der Waals surface area (Å²) in [6.45, 7) is 2.02. The number of ether oxygens (including phenoxy) is 2. The van der Waals surface area contributed by atoms with Crippen molar-refractivity contribution in [3.05, 3.63) is 29.3 Å². The van der Waals surface area contributed by atoms with Crippen LogP contribution in [0.1, 0.15) is 22.8 Å². The number of benzene rings is 1. The molecule has 17 heavy (non-hydrogen) atoms. The highest BCUT2D eigenvalue weighted by Gasteiger charge is 2.36. The van der Waals surface area contributed by atoms with Crippen molar-refractivity contribution in [2.45, 2.75) is 13.3 Å². The van der Waals surface area contributed by atoms with Gasteiger partial charge in [-0.15, -0.1) is 0 Å². The molecule has 0 fully saturated rings. The summed E-state index contributed by atoms with van der Waals surface area (Å²) in [5.74, 6) is -0.663. The Morgan fingerprint density at radius 3 is 2.88 bits per heavy atom. The van der Waals surface area contributed by atoms with Crippen molar-refractivity contribution in [3.8, 4) is 5.75 Å². The van der Waals surface area contributed by atoms with Crippen LogP contribution in [0.25, 0.3) is 0 Å². The highest BCUT2D eigenvalue weighted by molar-refractivity contribution is 6.12. The number of rotatable bonds is 3. The van der Waals surface area contributed by atoms with Gasteiger partial charge in [0.2, 0.25) is 0 Å². The second-order valence-corrected chi connectivity index (χ2v) is 3.90. The minimum absolute atomic E-state index is 0.169. The number of methoxy groups -OCH3 is 1. The predicted molar refractivity (Wildman–Crippen MR) is 61.2 cm³/mol. The van der Waals surface area contributed by atoms with E-state index in [-0.39, 0.29) is 5.78 Å². The first-order valence-electron chi connectivity index (χ1n) is 5.55. The number of hydrogen-bond donors (Lipinski definition) is 0. The summed E-state index contributed by atoms with van der Waals surface area (Å²) in [5.41, 5.74) is 1.45. The third-order valence-corrected chi connectivity index (χ3v) is 2.89. The molecular weight excluding hydrogens is 220 g/mol. The lowest BCUT2D eigenvalue weighted by atomic mass is 10.1. The minimum Gasteiger partial charge on any atom is -0.497 e. The lowest BCUT2D eigenvalue weighted by Crippen LogP contribution is -2.23. The Morgan fingerprint density at radius 1 is 1.47 bits per heavy atom. The SMILES string of the molecule is CCOC(=O)[C@@H]1Cc2ccc(OC)cc2C1=O. The largest absolute Gasteiger partial charge is 0.497 e. The molecule has 1 aromatic rings. The van der Waals surface area contributed by atoms with Crippen molar-refractivity contribution in [2.75, 3.05) is 13.7 Å². The van der Waals surface area contributed by atoms with Crippen LogP contribution >= 0.6 is 0 Å². The second-order valence-electron chi connectivity index (χ2n) is 3.90. The van der Waals surface area contributed by atoms with Gasteiger partial charge in [0.1, 0.15) is 11.7 Å². The maximum Gasteiger partial charge on any atom is 0.317 e. The lowest BCUT2D eigenvalue weighted by Gasteiger charge is -2.06. The summed E-state index contributed by atoms with van der Waals surface area (Å²) in [6.07, 6.45) is 0.428. The summed E-state index contributed by atoms with van der Waals surface area (Å²) in [7, 11) is 1.55. The third kappa shape index (κ3) is 2.02. The molecule has 4 heteroatoms. The molecule has 0 N–H and O–H groups in total. The van der Waals surface area contributed by atoms with Gasteiger partial charge < -0.3 is 9.47 Å². The molecule has 0 radical (unpaired) electrons. The van der Waals surface area contributed by atoms with E-state index in [9.17, 15) is 9.59 Å². The standard InChI is InChI=1S/C13H14O4/c1-3-17-13(15)11-6-8-4-5-9(16-2)7-10(8)12(11)14/h4-5,7,11H,3,6H2,1-2H3/t11-/m1/s1. The summed E-state index contributed by atoms with van der Waals surface area (Å²) in [6, 6.07) is 5.29. The Labute approximate surface area is 99.5 Å². The maximum absolute atomic E-state index is 12.0. The van der Waals surface area contributed by atoms with Crippen LogP contribution in [-0.4, -0.2) is 25.5 Å². The highest BCUT2D eigenvalue weighted by atomic mass is 16.5. The van der Waals surface area contributed by atoms with Gasteiger partial charge in [-0.3, -0.25) is 9.59 Å². The fourth-order valence-electron chi connectivity index (χ4n) is 2.02. The van der Waals surface area contributed by atoms with Gasteiger partial charge in [0.25, 0.3) is 0 Å². The fourth-order valence-corrected chi connectivity index (χ4v) is 2.02. The molecule has 0 aliphatic heterocycles. The van der Waals surface area contributed by atoms with Crippen LogP contribution in [0.15, 0.2) is 18.2 Å². The fraction of sp³-hybridized carbons (Fsp3) is 0.385. The smallest absolute Gasteiger partial charge is 0.317 e. The molecule has 1 atom stereocenters. The molecule has 1 aliphatic rings. The van der Waals surface area contributed by atoms with E-state index in [1.54, 1.807) is 26.2 Å². The molecule has 0 bridgehead atoms. The van der Waals surface area contributed by atoms with Crippen LogP contribution in [0, 0.1) is 5.92 Å². The number of hydrogen-bond acceptors (Lipinski definition) is 4. The van der Waals surface area contributed by atoms with Crippen LogP contribution in [0.5, 0.6) is 5.75 Å². The van der Waals surface area contributed by atoms with Crippen molar-refractivity contribution in [2.24, 2.45) is 5.92 Å². The van der Waals surface area contributed by atoms with E-state index in [1.807, 2.05) is 6.07 Å². The van der Waals surface area contributed by atoms with Gasteiger partial charge in [-0.1, -0.05) is 6.07 Å². The second kappa shape index (κ2) is 4.57. The summed E-state index contributed by atoms with van der Waals surface area (Å²) >= 11 is 0. The van der Waals surface area contributed by atoms with Gasteiger partial charge in [0.15, 0.2) is 5.78 Å². The van der Waals surface area contributed by atoms with Gasteiger partial charge in [0, 0.05) is 5.56 Å². The lowest BCUT2D eigenvalue weighted by molar-refractivity contribution is -0.145. The number of carbonyl (C=O) groups is 2. The zero-order valence-electron chi connectivity index (χ0n) is 9.86. The molecule has 2 rings (SSSR count). The molecule has 1 aromatic carbocycles. The Kier molecular flexibility index (Phi) is 3.13. The molecule has 4 nitrogen and oxygen atoms in total. The number of carbonyl (C=O) groups excluding carboxylic acids is 2. The zero-order chi connectivity index (χ0) is 12.4. The maximum atomic E-state index is 12.0. The number of ketones is 1. The van der Waals surface area contributed by atoms with Crippen LogP contribution < -0.4 is 4.74 Å². The van der Waals surface area contributed by atoms with E-state index in [0.29, 0.717) is 24.3 Å². The van der Waals surface area contributed by atoms with E-state index in [1.165, 1.54) is 0 Å². The molecule has 0 spiro atoms. The highest BCUT2D eigenvalue weighted by Crippen LogP contribution is 2.30. The first kappa shape index (κ1) is 11.6. The van der Waals surface area contributed by atoms with E-state index in [4.69, 9.17) is 9.47 Å². The summed E-state index contributed by atoms with van der Waals surface area (Å²) in [4.78, 5) is 23.6. The Balaban J connectivity index is 2.26. The first-order chi connectivity index (χ1) is 8.17. The first-order valence-corrected chi connectivity index (χ1v) is 5.55. The average Bonchev–Trinajstić information content (AvgIpc) is 2.67. The van der Waals surface area contributed by atoms with Gasteiger partial charge in [0.05, 0.1) is 13.7 Å². The molecule has 1 aliphatic carbocycles. The monoisotopic (exact) mass is 234 g/mol. The Morgan fingerprint density at radius 2 is 2.24 bits per heavy atom. The zero-order valence-corrected chi connectivity index (χ0v) is 9.86. The molecular formula is C13H14O4. The average molecular weight is 234 g/mol. The van der Waals surface area contributed by atoms with E-state index in [0.717, 1.165) is 5.56 Å². The van der Waals surface area contributed by atoms with E-state index >= 15 is 0 Å². The van der Waals surface area contributed by atoms with Gasteiger partial charge in [-0.25, -0.2) is 0 Å². The molecule has 0 saturated heterocycles. The van der Waals surface area contributed by atoms with Crippen molar-refractivity contribution in [1.82, 2.24) is 0 Å². The Bertz CT molecular complexity index is 464. The van der Waals surface area contributed by atoms with Gasteiger partial charge in [-0.2, -0.15) is 0 Å². The molecule has 0 amide bonds. The van der Waals surface area contributed by atoms with E-state index < -0.39 is 11.9 Å². The number of Topliss-reactive ketones (excluding diaryl/α,β-unsaturated/α-hetero) is 1. The van der Waals surface area contributed by atoms with Crippen molar-refractivity contribution in [3.63, 3.8) is 0 Å². The van der Waals surface area contributed by atoms with E-state index in [2.05, 4.69) is 0 Å². The summed E-state index contributed by atoms with van der Waals surface area (Å²) in [5, 5.41) is 0. The van der Waals surface area contributed by atoms with Crippen LogP contribution in [0.2, 0.25) is 0 Å². The molecule has 90 valence electrons. The normalized spacial score (nSPS) is 17.8. The summed E-state index contributed by atoms with van der Waals surface area (Å²) < 4.78 is 9.96. The van der Waals surface area contributed by atoms with Crippen LogP contribution in [-0.2, 0) is 16.0 Å². The topological polar surface area (TPSA) is 52.6 Å². The number of fused-ring (bicyclic) bond motifs is 1. The Hall–Kier alpha value is -1.84. The molecule has 0 heterocycles. The molecule has 0 saturated carbocycles. The van der Waals surface area contributed by atoms with Gasteiger partial charge >= 0.3 is 5.97 Å². The minimum atomic E-state index is -0.683. The van der Waals surface area contributed by atoms with Crippen molar-refractivity contribution >= 4 is 11.8 Å². The molecule has 0 unspecified atom stereocenters. The van der Waals surface area contributed by atoms with Crippen LogP contribution in [0.4, 0.5) is 0 Å². The van der Waals surface area contributed by atoms with Crippen molar-refractivity contribution in [1.29, 1.82) is 0 Å². The number of esters is 1.